The minimum atomic E-state index is -1.45. The third-order valence-electron chi connectivity index (χ3n) is 0.118. The first-order valence-electron chi connectivity index (χ1n) is 1.89. The molecule has 0 aliphatic carbocycles. The number of carboxylic acids is 2. The van der Waals surface area contributed by atoms with Crippen molar-refractivity contribution in [3.63, 3.8) is 0 Å². The van der Waals surface area contributed by atoms with Gasteiger partial charge in [-0.05, 0) is 6.92 Å². The van der Waals surface area contributed by atoms with E-state index in [4.69, 9.17) is 25.2 Å². The van der Waals surface area contributed by atoms with Crippen LogP contribution in [0.25, 0.3) is 0 Å². The van der Waals surface area contributed by atoms with E-state index in [0.717, 1.165) is 6.92 Å². The van der Waals surface area contributed by atoms with E-state index < -0.39 is 11.9 Å². The SMILES string of the molecule is CC(=O)[O-].N=CC(=O)[O-].[Li+].[Li+]. The molecule has 0 radical (unpaired) electrons. The largest absolute Gasteiger partial charge is 1.00 e. The Bertz CT molecular complexity index is 123. The molecule has 0 unspecified atom stereocenters. The molecule has 0 amide bonds. The van der Waals surface area contributed by atoms with Crippen molar-refractivity contribution in [1.82, 2.24) is 0 Å². The first-order chi connectivity index (χ1) is 4.00. The van der Waals surface area contributed by atoms with Crippen molar-refractivity contribution in [3.8, 4) is 0 Å². The summed E-state index contributed by atoms with van der Waals surface area (Å²) in [7, 11) is 0. The molecule has 0 aliphatic rings. The van der Waals surface area contributed by atoms with Gasteiger partial charge < -0.3 is 25.2 Å². The molecule has 1 N–H and O–H groups in total. The third-order valence-corrected chi connectivity index (χ3v) is 0.118. The predicted octanol–water partition coefficient (Wildman–Crippen LogP) is -8.85. The van der Waals surface area contributed by atoms with Crippen LogP contribution < -0.4 is 47.9 Å². The summed E-state index contributed by atoms with van der Waals surface area (Å²) in [6.45, 7) is 0.972. The Morgan fingerprint density at radius 2 is 1.36 bits per heavy atom. The van der Waals surface area contributed by atoms with Crippen LogP contribution in [0.2, 0.25) is 0 Å². The van der Waals surface area contributed by atoms with E-state index in [2.05, 4.69) is 0 Å². The predicted molar refractivity (Wildman–Crippen MR) is 24.5 cm³/mol. The van der Waals surface area contributed by atoms with Crippen LogP contribution in [0.3, 0.4) is 0 Å². The second-order valence-corrected chi connectivity index (χ2v) is 0.955. The van der Waals surface area contributed by atoms with Crippen molar-refractivity contribution in [2.45, 2.75) is 6.92 Å². The summed E-state index contributed by atoms with van der Waals surface area (Å²) >= 11 is 0. The van der Waals surface area contributed by atoms with E-state index in [-0.39, 0.29) is 43.9 Å². The molecule has 52 valence electrons. The van der Waals surface area contributed by atoms with Crippen LogP contribution in [0.1, 0.15) is 6.92 Å². The molecule has 0 fully saturated rings. The molecule has 0 atom stereocenters. The molecule has 0 rings (SSSR count). The smallest absolute Gasteiger partial charge is 0.550 e. The molecular weight excluding hydrogens is 140 g/mol. The van der Waals surface area contributed by atoms with Crippen LogP contribution >= 0.6 is 0 Å². The molecule has 0 bridgehead atoms. The summed E-state index contributed by atoms with van der Waals surface area (Å²) in [4.78, 5) is 17.9. The van der Waals surface area contributed by atoms with Gasteiger partial charge in [-0.15, -0.1) is 0 Å². The Hall–Kier alpha value is -0.195. The molecule has 0 aromatic rings. The van der Waals surface area contributed by atoms with Gasteiger partial charge >= 0.3 is 37.7 Å². The van der Waals surface area contributed by atoms with Gasteiger partial charge in [0, 0.05) is 12.2 Å². The van der Waals surface area contributed by atoms with Crippen LogP contribution in [0, 0.1) is 5.41 Å². The summed E-state index contributed by atoms with van der Waals surface area (Å²) in [5, 5.41) is 23.8. The van der Waals surface area contributed by atoms with Crippen LogP contribution in [0.4, 0.5) is 0 Å². The van der Waals surface area contributed by atoms with Gasteiger partial charge in [0.2, 0.25) is 0 Å². The number of carboxylic acid groups (broad SMARTS) is 2. The molecule has 7 heteroatoms. The average Bonchev–Trinajstić information content (AvgIpc) is 1.65. The van der Waals surface area contributed by atoms with Gasteiger partial charge in [-0.2, -0.15) is 0 Å². The van der Waals surface area contributed by atoms with E-state index in [0.29, 0.717) is 0 Å². The zero-order valence-corrected chi connectivity index (χ0v) is 6.71. The molecule has 0 aromatic heterocycles. The number of rotatable bonds is 1. The maximum Gasteiger partial charge on any atom is 1.00 e. The number of nitrogens with one attached hydrogen (secondary N) is 1. The van der Waals surface area contributed by atoms with Gasteiger partial charge in [-0.25, -0.2) is 0 Å². The molecule has 0 aliphatic heterocycles. The average molecular weight is 145 g/mol. The van der Waals surface area contributed by atoms with Gasteiger partial charge in [0.05, 0.1) is 5.97 Å². The van der Waals surface area contributed by atoms with Crippen molar-refractivity contribution in [2.75, 3.05) is 0 Å². The number of hydrogen-bond donors (Lipinski definition) is 1. The first kappa shape index (κ1) is 22.4. The van der Waals surface area contributed by atoms with Gasteiger partial charge in [0.25, 0.3) is 0 Å². The number of carbonyl (C=O) groups excluding carboxylic acids is 2. The fourth-order valence-corrected chi connectivity index (χ4v) is 0. The molecule has 0 saturated heterocycles. The Labute approximate surface area is 88.0 Å². The minimum absolute atomic E-state index is 0. The van der Waals surface area contributed by atoms with Crippen molar-refractivity contribution in [2.24, 2.45) is 0 Å². The van der Waals surface area contributed by atoms with Crippen molar-refractivity contribution in [3.05, 3.63) is 0 Å². The molecule has 11 heavy (non-hydrogen) atoms. The monoisotopic (exact) mass is 145 g/mol. The Morgan fingerprint density at radius 3 is 1.36 bits per heavy atom. The zero-order valence-electron chi connectivity index (χ0n) is 6.71. The van der Waals surface area contributed by atoms with E-state index in [1.807, 2.05) is 0 Å². The summed E-state index contributed by atoms with van der Waals surface area (Å²) in [5.74, 6) is -2.54. The zero-order chi connectivity index (χ0) is 7.86. The topological polar surface area (TPSA) is 104 Å². The standard InChI is InChI=1S/C2H3NO2.C2H4O2.2Li/c3-1-2(4)5;1-2(3)4;;/h1,3H,(H,4,5);1H3,(H,3,4);;/q;;2*+1/p-2. The summed E-state index contributed by atoms with van der Waals surface area (Å²) < 4.78 is 0. The van der Waals surface area contributed by atoms with E-state index in [1.165, 1.54) is 0 Å². The maximum absolute atomic E-state index is 9.01. The Balaban J connectivity index is -0.0000000383. The second kappa shape index (κ2) is 16.4. The molecule has 0 saturated carbocycles. The third kappa shape index (κ3) is 183. The minimum Gasteiger partial charge on any atom is -0.550 e. The van der Waals surface area contributed by atoms with Gasteiger partial charge in [0.15, 0.2) is 0 Å². The summed E-state index contributed by atoms with van der Waals surface area (Å²) in [6, 6.07) is 0. The van der Waals surface area contributed by atoms with E-state index in [9.17, 15) is 0 Å². The quantitative estimate of drug-likeness (QED) is 0.292. The number of carbonyl (C=O) groups is 2. The maximum atomic E-state index is 9.01. The fourth-order valence-electron chi connectivity index (χ4n) is 0. The van der Waals surface area contributed by atoms with Crippen molar-refractivity contribution < 1.29 is 57.5 Å². The van der Waals surface area contributed by atoms with Crippen molar-refractivity contribution >= 4 is 18.2 Å². The molecule has 5 nitrogen and oxygen atoms in total. The van der Waals surface area contributed by atoms with Gasteiger partial charge in [-0.3, -0.25) is 0 Å². The van der Waals surface area contributed by atoms with Gasteiger partial charge in [-0.1, -0.05) is 0 Å². The fraction of sp³-hybridized carbons (Fsp3) is 0.250. The Kier molecular flexibility index (Phi) is 33.5. The van der Waals surface area contributed by atoms with Crippen molar-refractivity contribution in [1.29, 1.82) is 5.41 Å². The normalized spacial score (nSPS) is 5.18. The summed E-state index contributed by atoms with van der Waals surface area (Å²) in [6.07, 6.45) is 0.222. The van der Waals surface area contributed by atoms with Crippen LogP contribution in [-0.2, 0) is 9.59 Å². The second-order valence-electron chi connectivity index (χ2n) is 0.955. The molecule has 0 heterocycles. The number of hydrogen-bond acceptors (Lipinski definition) is 5. The van der Waals surface area contributed by atoms with Gasteiger partial charge in [0.1, 0.15) is 0 Å². The first-order valence-corrected chi connectivity index (χ1v) is 1.89. The van der Waals surface area contributed by atoms with Crippen LogP contribution in [-0.4, -0.2) is 18.2 Å². The Morgan fingerprint density at radius 1 is 1.27 bits per heavy atom. The molecular formula is C4H5Li2NO4. The summed E-state index contributed by atoms with van der Waals surface area (Å²) in [5.41, 5.74) is 0. The van der Waals surface area contributed by atoms with E-state index >= 15 is 0 Å². The molecule has 0 spiro atoms. The number of aliphatic carboxylic acids is 2. The molecule has 0 aromatic carbocycles. The van der Waals surface area contributed by atoms with Crippen LogP contribution in [0.5, 0.6) is 0 Å². The van der Waals surface area contributed by atoms with Crippen LogP contribution in [0.15, 0.2) is 0 Å². The van der Waals surface area contributed by atoms with E-state index in [1.54, 1.807) is 0 Å².